The van der Waals surface area contributed by atoms with Gasteiger partial charge in [-0.3, -0.25) is 0 Å². The van der Waals surface area contributed by atoms with Crippen molar-refractivity contribution in [2.45, 2.75) is 39.0 Å². The summed E-state index contributed by atoms with van der Waals surface area (Å²) in [7, 11) is 0. The Kier molecular flexibility index (Phi) is 6.73. The number of hydrogen-bond donors (Lipinski definition) is 1. The normalized spacial score (nSPS) is 22.6. The average Bonchev–Trinajstić information content (AvgIpc) is 3.02. The number of piperidine rings is 1. The lowest BCUT2D eigenvalue weighted by Gasteiger charge is -2.32. The summed E-state index contributed by atoms with van der Waals surface area (Å²) in [6, 6.07) is 7.13. The van der Waals surface area contributed by atoms with Crippen molar-refractivity contribution in [3.63, 3.8) is 0 Å². The van der Waals surface area contributed by atoms with Crippen molar-refractivity contribution in [3.05, 3.63) is 63.1 Å². The summed E-state index contributed by atoms with van der Waals surface area (Å²) in [6.07, 6.45) is 4.92. The highest BCUT2D eigenvalue weighted by Gasteiger charge is 2.41. The van der Waals surface area contributed by atoms with Crippen LogP contribution >= 0.6 is 23.2 Å². The van der Waals surface area contributed by atoms with Crippen molar-refractivity contribution >= 4 is 34.9 Å². The first-order chi connectivity index (χ1) is 14.8. The fourth-order valence-corrected chi connectivity index (χ4v) is 5.82. The SMILES string of the molecule is CCc1cc(Cl)c(CCC2CC3CC2CN(C(=O)Nc2ccc(F)c(F)c2)C3)c(Cl)c1. The second-order valence-corrected chi connectivity index (χ2v) is 9.57. The summed E-state index contributed by atoms with van der Waals surface area (Å²) in [6.45, 7) is 3.44. The summed E-state index contributed by atoms with van der Waals surface area (Å²) in [4.78, 5) is 14.5. The quantitative estimate of drug-likeness (QED) is 0.507. The smallest absolute Gasteiger partial charge is 0.321 e. The summed E-state index contributed by atoms with van der Waals surface area (Å²) < 4.78 is 26.5. The van der Waals surface area contributed by atoms with E-state index in [0.717, 1.165) is 65.4 Å². The Hall–Kier alpha value is -1.85. The van der Waals surface area contributed by atoms with E-state index in [1.807, 2.05) is 12.1 Å². The predicted molar refractivity (Wildman–Crippen MR) is 121 cm³/mol. The number of anilines is 1. The minimum atomic E-state index is -0.971. The van der Waals surface area contributed by atoms with Crippen molar-refractivity contribution in [3.8, 4) is 0 Å². The van der Waals surface area contributed by atoms with E-state index in [-0.39, 0.29) is 11.7 Å². The molecule has 1 N–H and O–H groups in total. The van der Waals surface area contributed by atoms with Gasteiger partial charge in [-0.15, -0.1) is 0 Å². The number of carbonyl (C=O) groups is 1. The number of nitrogens with one attached hydrogen (secondary N) is 1. The van der Waals surface area contributed by atoms with Gasteiger partial charge in [-0.1, -0.05) is 30.1 Å². The number of carbonyl (C=O) groups excluding carboxylic acids is 1. The van der Waals surface area contributed by atoms with Gasteiger partial charge in [0.05, 0.1) is 0 Å². The lowest BCUT2D eigenvalue weighted by atomic mass is 9.89. The second kappa shape index (κ2) is 9.33. The molecule has 2 amide bonds. The number of urea groups is 1. The van der Waals surface area contributed by atoms with Gasteiger partial charge in [-0.2, -0.15) is 0 Å². The van der Waals surface area contributed by atoms with Crippen LogP contribution in [-0.4, -0.2) is 24.0 Å². The van der Waals surface area contributed by atoms with Gasteiger partial charge in [0, 0.05) is 34.9 Å². The monoisotopic (exact) mass is 466 g/mol. The van der Waals surface area contributed by atoms with E-state index in [1.54, 1.807) is 4.90 Å². The molecule has 0 aromatic heterocycles. The number of aryl methyl sites for hydroxylation is 1. The van der Waals surface area contributed by atoms with Gasteiger partial charge < -0.3 is 10.2 Å². The fourth-order valence-electron chi connectivity index (χ4n) is 5.10. The standard InChI is InChI=1S/C24H26Cl2F2N2O/c1-2-14-9-20(25)19(21(26)10-14)5-3-16-7-15-8-17(16)13-30(12-15)24(31)29-18-4-6-22(27)23(28)11-18/h4,6,9-11,15-17H,2-3,5,7-8,12-13H2,1H3,(H,29,31). The van der Waals surface area contributed by atoms with Crippen LogP contribution in [0, 0.1) is 29.4 Å². The highest BCUT2D eigenvalue weighted by atomic mass is 35.5. The van der Waals surface area contributed by atoms with Crippen molar-refractivity contribution < 1.29 is 13.6 Å². The van der Waals surface area contributed by atoms with Crippen LogP contribution in [0.1, 0.15) is 37.3 Å². The number of amides is 2. The summed E-state index contributed by atoms with van der Waals surface area (Å²) in [5.74, 6) is -0.485. The van der Waals surface area contributed by atoms with Crippen molar-refractivity contribution in [1.29, 1.82) is 0 Å². The fraction of sp³-hybridized carbons (Fsp3) is 0.458. The maximum atomic E-state index is 13.4. The molecule has 2 aromatic carbocycles. The molecule has 1 heterocycles. The molecule has 3 atom stereocenters. The Morgan fingerprint density at radius 3 is 2.52 bits per heavy atom. The van der Waals surface area contributed by atoms with Crippen LogP contribution in [0.15, 0.2) is 30.3 Å². The van der Waals surface area contributed by atoms with E-state index in [9.17, 15) is 13.6 Å². The van der Waals surface area contributed by atoms with Gasteiger partial charge in [0.15, 0.2) is 11.6 Å². The van der Waals surface area contributed by atoms with Crippen LogP contribution in [0.2, 0.25) is 10.0 Å². The van der Waals surface area contributed by atoms with E-state index in [1.165, 1.54) is 6.07 Å². The molecule has 3 unspecified atom stereocenters. The number of rotatable bonds is 5. The number of benzene rings is 2. The number of hydrogen-bond acceptors (Lipinski definition) is 1. The van der Waals surface area contributed by atoms with E-state index in [4.69, 9.17) is 23.2 Å². The minimum absolute atomic E-state index is 0.261. The maximum absolute atomic E-state index is 13.4. The third-order valence-electron chi connectivity index (χ3n) is 6.70. The number of likely N-dealkylation sites (tertiary alicyclic amines) is 1. The molecule has 2 bridgehead atoms. The van der Waals surface area contributed by atoms with Crippen molar-refractivity contribution in [2.75, 3.05) is 18.4 Å². The number of nitrogens with zero attached hydrogens (tertiary/aromatic N) is 1. The van der Waals surface area contributed by atoms with Gasteiger partial charge in [-0.05, 0) is 85.3 Å². The zero-order valence-corrected chi connectivity index (χ0v) is 18.9. The van der Waals surface area contributed by atoms with Gasteiger partial charge in [-0.25, -0.2) is 13.6 Å². The zero-order valence-electron chi connectivity index (χ0n) is 17.4. The lowest BCUT2D eigenvalue weighted by molar-refractivity contribution is 0.167. The number of halogens is 4. The van der Waals surface area contributed by atoms with Crippen LogP contribution in [0.25, 0.3) is 0 Å². The predicted octanol–water partition coefficient (Wildman–Crippen LogP) is 6.96. The van der Waals surface area contributed by atoms with E-state index in [0.29, 0.717) is 30.8 Å². The largest absolute Gasteiger partial charge is 0.324 e. The molecule has 7 heteroatoms. The summed E-state index contributed by atoms with van der Waals surface area (Å²) in [5, 5.41) is 4.16. The molecule has 1 aliphatic heterocycles. The second-order valence-electron chi connectivity index (χ2n) is 8.75. The van der Waals surface area contributed by atoms with Crippen LogP contribution < -0.4 is 5.32 Å². The summed E-state index contributed by atoms with van der Waals surface area (Å²) in [5.41, 5.74) is 2.41. The molecular weight excluding hydrogens is 441 g/mol. The first-order valence-corrected chi connectivity index (χ1v) is 11.6. The van der Waals surface area contributed by atoms with Crippen LogP contribution in [0.3, 0.4) is 0 Å². The average molecular weight is 467 g/mol. The molecule has 0 spiro atoms. The van der Waals surface area contributed by atoms with Gasteiger partial charge in [0.2, 0.25) is 0 Å². The van der Waals surface area contributed by atoms with Crippen LogP contribution in [-0.2, 0) is 12.8 Å². The van der Waals surface area contributed by atoms with Gasteiger partial charge in [0.1, 0.15) is 0 Å². The molecule has 1 saturated heterocycles. The molecule has 1 aliphatic carbocycles. The summed E-state index contributed by atoms with van der Waals surface area (Å²) >= 11 is 13.0. The Bertz CT molecular complexity index is 961. The van der Waals surface area contributed by atoms with E-state index < -0.39 is 11.6 Å². The Labute approximate surface area is 191 Å². The highest BCUT2D eigenvalue weighted by Crippen LogP contribution is 2.44. The van der Waals surface area contributed by atoms with E-state index in [2.05, 4.69) is 12.2 Å². The third kappa shape index (κ3) is 4.98. The first-order valence-electron chi connectivity index (χ1n) is 10.8. The lowest BCUT2D eigenvalue weighted by Crippen LogP contribution is -2.43. The molecule has 3 nitrogen and oxygen atoms in total. The Morgan fingerprint density at radius 2 is 1.84 bits per heavy atom. The van der Waals surface area contributed by atoms with Gasteiger partial charge >= 0.3 is 6.03 Å². The Balaban J connectivity index is 1.36. The maximum Gasteiger partial charge on any atom is 0.321 e. The van der Waals surface area contributed by atoms with E-state index >= 15 is 0 Å². The molecular formula is C24H26Cl2F2N2O. The first kappa shape index (κ1) is 22.3. The Morgan fingerprint density at radius 1 is 1.10 bits per heavy atom. The topological polar surface area (TPSA) is 32.3 Å². The molecule has 31 heavy (non-hydrogen) atoms. The molecule has 4 rings (SSSR count). The third-order valence-corrected chi connectivity index (χ3v) is 7.38. The molecule has 0 radical (unpaired) electrons. The van der Waals surface area contributed by atoms with Gasteiger partial charge in [0.25, 0.3) is 0 Å². The van der Waals surface area contributed by atoms with Crippen molar-refractivity contribution in [2.24, 2.45) is 17.8 Å². The molecule has 1 saturated carbocycles. The van der Waals surface area contributed by atoms with Crippen LogP contribution in [0.5, 0.6) is 0 Å². The molecule has 2 fully saturated rings. The highest BCUT2D eigenvalue weighted by molar-refractivity contribution is 6.36. The molecule has 2 aromatic rings. The molecule has 166 valence electrons. The van der Waals surface area contributed by atoms with Crippen molar-refractivity contribution in [1.82, 2.24) is 4.90 Å². The minimum Gasteiger partial charge on any atom is -0.324 e. The zero-order chi connectivity index (χ0) is 22.1. The van der Waals surface area contributed by atoms with Crippen LogP contribution in [0.4, 0.5) is 19.3 Å². The molecule has 2 aliphatic rings. The number of fused-ring (bicyclic) bond motifs is 2.